The van der Waals surface area contributed by atoms with Crippen molar-refractivity contribution in [3.05, 3.63) is 66.0 Å². The fourth-order valence-corrected chi connectivity index (χ4v) is 2.36. The summed E-state index contributed by atoms with van der Waals surface area (Å²) in [5, 5.41) is 5.12. The molecule has 0 saturated carbocycles. The molecule has 0 fully saturated rings. The molecule has 0 aliphatic carbocycles. The van der Waals surface area contributed by atoms with Crippen LogP contribution in [-0.2, 0) is 13.1 Å². The first-order chi connectivity index (χ1) is 12.2. The monoisotopic (exact) mass is 445 g/mol. The molecule has 0 amide bonds. The Balaban J connectivity index is 0.000000970. The summed E-state index contributed by atoms with van der Waals surface area (Å²) >= 11 is 6.14. The Hall–Kier alpha value is -1.17. The van der Waals surface area contributed by atoms with Crippen LogP contribution in [0.25, 0.3) is 0 Å². The summed E-state index contributed by atoms with van der Waals surface area (Å²) in [6.07, 6.45) is 1.76. The van der Waals surface area contributed by atoms with Gasteiger partial charge in [-0.15, -0.1) is 0 Å². The van der Waals surface area contributed by atoms with Crippen molar-refractivity contribution in [3.63, 3.8) is 0 Å². The fourth-order valence-electron chi connectivity index (χ4n) is 2.05. The normalized spacial score (nSPS) is 10.6. The molecule has 25 heavy (non-hydrogen) atoms. The molecule has 0 aliphatic heterocycles. The second kappa shape index (κ2) is 13.1. The van der Waals surface area contributed by atoms with Crippen molar-refractivity contribution in [3.8, 4) is 0 Å². The molecule has 0 radical (unpaired) electrons. The van der Waals surface area contributed by atoms with E-state index < -0.39 is 0 Å². The quantitative estimate of drug-likeness (QED) is 0.319. The van der Waals surface area contributed by atoms with Crippen molar-refractivity contribution in [1.82, 2.24) is 15.3 Å². The maximum atomic E-state index is 5.38. The van der Waals surface area contributed by atoms with Crippen LogP contribution in [-0.4, -0.2) is 33.8 Å². The van der Waals surface area contributed by atoms with Gasteiger partial charge in [0.1, 0.15) is 5.71 Å². The van der Waals surface area contributed by atoms with Crippen LogP contribution in [0.3, 0.4) is 0 Å². The third-order valence-electron chi connectivity index (χ3n) is 3.27. The molecule has 1 heterocycles. The van der Waals surface area contributed by atoms with Gasteiger partial charge in [0.2, 0.25) is 0 Å². The van der Waals surface area contributed by atoms with Crippen molar-refractivity contribution in [2.75, 3.05) is 13.1 Å². The number of hydrogen-bond donors (Lipinski definition) is 1. The zero-order chi connectivity index (χ0) is 18.5. The summed E-state index contributed by atoms with van der Waals surface area (Å²) in [5.74, 6) is 0. The van der Waals surface area contributed by atoms with E-state index in [-0.39, 0.29) is 0 Å². The molecule has 2 rings (SSSR count). The van der Waals surface area contributed by atoms with Gasteiger partial charge in [-0.1, -0.05) is 36.4 Å². The molecule has 1 aromatic heterocycles. The van der Waals surface area contributed by atoms with E-state index in [0.29, 0.717) is 5.11 Å². The first-order valence-electron chi connectivity index (χ1n) is 7.58. The van der Waals surface area contributed by atoms with Crippen molar-refractivity contribution in [1.29, 1.82) is 0 Å². The van der Waals surface area contributed by atoms with Gasteiger partial charge in [-0.05, 0) is 38.2 Å². The standard InChI is InChI=1S/C17H20N4S.2ClH.Cu/c1-3-21(4-2)17(22)20-19-16(14-10-6-5-7-11-14)15-12-8-9-13-18-15;;;/h5-13H,3-4H2,1-2H3,(H,20,22);2*1H;/q;;;+2/p-2/b19-16+;;;. The van der Waals surface area contributed by atoms with Crippen molar-refractivity contribution >= 4 is 43.2 Å². The maximum absolute atomic E-state index is 5.38. The zero-order valence-corrected chi connectivity index (χ0v) is 17.2. The Morgan fingerprint density at radius 2 is 1.72 bits per heavy atom. The van der Waals surface area contributed by atoms with Gasteiger partial charge in [-0.2, -0.15) is 5.10 Å². The van der Waals surface area contributed by atoms with Crippen LogP contribution >= 0.6 is 32.4 Å². The number of rotatable bonds is 5. The van der Waals surface area contributed by atoms with Gasteiger partial charge in [-0.25, -0.2) is 0 Å². The van der Waals surface area contributed by atoms with Gasteiger partial charge in [-0.3, -0.25) is 10.4 Å². The Morgan fingerprint density at radius 3 is 2.24 bits per heavy atom. The van der Waals surface area contributed by atoms with Gasteiger partial charge >= 0.3 is 33.3 Å². The average molecular weight is 447 g/mol. The van der Waals surface area contributed by atoms with E-state index in [1.54, 1.807) is 6.20 Å². The van der Waals surface area contributed by atoms with E-state index in [0.717, 1.165) is 43.2 Å². The molecule has 0 saturated heterocycles. The van der Waals surface area contributed by atoms with Crippen molar-refractivity contribution in [2.45, 2.75) is 13.8 Å². The summed E-state index contributed by atoms with van der Waals surface area (Å²) in [5.41, 5.74) is 5.57. The van der Waals surface area contributed by atoms with E-state index in [9.17, 15) is 0 Å². The Bertz CT molecular complexity index is 611. The SMILES string of the molecule is CCN(CC)C(=S)N/N=C(\c1ccccc1)c1ccccn1.[Cl][Cu][Cl]. The first-order valence-corrected chi connectivity index (χ1v) is 10.6. The molecule has 4 nitrogen and oxygen atoms in total. The van der Waals surface area contributed by atoms with Crippen LogP contribution in [0.4, 0.5) is 0 Å². The van der Waals surface area contributed by atoms with E-state index >= 15 is 0 Å². The number of nitrogens with zero attached hydrogens (tertiary/aromatic N) is 3. The molecule has 2 aromatic rings. The molecular weight excluding hydrogens is 427 g/mol. The van der Waals surface area contributed by atoms with E-state index in [1.807, 2.05) is 53.4 Å². The minimum atomic E-state index is 0.620. The predicted octanol–water partition coefficient (Wildman–Crippen LogP) is 4.43. The summed E-state index contributed by atoms with van der Waals surface area (Å²) in [6.45, 7) is 5.83. The molecule has 0 bridgehead atoms. The zero-order valence-electron chi connectivity index (χ0n) is 13.9. The first kappa shape index (κ1) is 21.9. The van der Waals surface area contributed by atoms with Crippen LogP contribution in [0.2, 0.25) is 0 Å². The van der Waals surface area contributed by atoms with Gasteiger partial charge in [0.25, 0.3) is 0 Å². The predicted molar refractivity (Wildman–Crippen MR) is 107 cm³/mol. The summed E-state index contributed by atoms with van der Waals surface area (Å²) in [7, 11) is 9.34. The molecule has 1 N–H and O–H groups in total. The number of hydrazone groups is 1. The second-order valence-corrected chi connectivity index (χ2v) is 6.62. The molecule has 139 valence electrons. The van der Waals surface area contributed by atoms with Crippen LogP contribution < -0.4 is 5.43 Å². The van der Waals surface area contributed by atoms with Gasteiger partial charge in [0, 0.05) is 24.8 Å². The topological polar surface area (TPSA) is 40.5 Å². The van der Waals surface area contributed by atoms with Gasteiger partial charge in [0.05, 0.1) is 5.69 Å². The molecule has 0 aliphatic rings. The number of halogens is 2. The molecule has 8 heteroatoms. The number of aromatic nitrogens is 1. The molecule has 0 atom stereocenters. The summed E-state index contributed by atoms with van der Waals surface area (Å²) < 4.78 is 0. The van der Waals surface area contributed by atoms with E-state index in [2.05, 4.69) is 49.6 Å². The molecular formula is C17H20Cl2CuN4S. The molecule has 0 spiro atoms. The molecule has 1 aromatic carbocycles. The number of pyridine rings is 1. The Labute approximate surface area is 169 Å². The van der Waals surface area contributed by atoms with Crippen LogP contribution in [0, 0.1) is 0 Å². The number of nitrogens with one attached hydrogen (secondary N) is 1. The minimum absolute atomic E-state index is 0.620. The summed E-state index contributed by atoms with van der Waals surface area (Å²) in [4.78, 5) is 6.43. The second-order valence-electron chi connectivity index (χ2n) is 4.67. The van der Waals surface area contributed by atoms with Crippen LogP contribution in [0.15, 0.2) is 59.8 Å². The van der Waals surface area contributed by atoms with Gasteiger partial charge < -0.3 is 4.90 Å². The van der Waals surface area contributed by atoms with Crippen molar-refractivity contribution in [2.24, 2.45) is 5.10 Å². The number of thiocarbonyl (C=S) groups is 1. The third-order valence-corrected chi connectivity index (χ3v) is 3.62. The average Bonchev–Trinajstić information content (AvgIpc) is 2.65. The van der Waals surface area contributed by atoms with Crippen molar-refractivity contribution < 1.29 is 13.1 Å². The van der Waals surface area contributed by atoms with Crippen LogP contribution in [0.5, 0.6) is 0 Å². The Morgan fingerprint density at radius 1 is 1.12 bits per heavy atom. The number of hydrogen-bond acceptors (Lipinski definition) is 3. The Kier molecular flexibility index (Phi) is 11.5. The number of benzene rings is 1. The van der Waals surface area contributed by atoms with E-state index in [4.69, 9.17) is 12.2 Å². The summed E-state index contributed by atoms with van der Waals surface area (Å²) in [6, 6.07) is 15.7. The van der Waals surface area contributed by atoms with Crippen LogP contribution in [0.1, 0.15) is 25.1 Å². The molecule has 0 unspecified atom stereocenters. The van der Waals surface area contributed by atoms with Gasteiger partial charge in [0.15, 0.2) is 5.11 Å². The third kappa shape index (κ3) is 7.72. The van der Waals surface area contributed by atoms with E-state index in [1.165, 1.54) is 0 Å². The fraction of sp³-hybridized carbons (Fsp3) is 0.235.